The SMILES string of the molecule is CN1CCCC(CNc2ccc3nnnn3n2)C1c1ccccc1. The highest BCUT2D eigenvalue weighted by Crippen LogP contribution is 2.34. The second kappa shape index (κ2) is 6.52. The molecule has 24 heavy (non-hydrogen) atoms. The predicted octanol–water partition coefficient (Wildman–Crippen LogP) is 2.01. The Kier molecular flexibility index (Phi) is 4.08. The summed E-state index contributed by atoms with van der Waals surface area (Å²) in [5, 5.41) is 19.2. The molecule has 1 N–H and O–H groups in total. The van der Waals surface area contributed by atoms with E-state index in [0.29, 0.717) is 17.6 Å². The van der Waals surface area contributed by atoms with Gasteiger partial charge in [0.05, 0.1) is 0 Å². The first-order valence-electron chi connectivity index (χ1n) is 8.36. The highest BCUT2D eigenvalue weighted by atomic mass is 15.6. The zero-order valence-corrected chi connectivity index (χ0v) is 13.7. The predicted molar refractivity (Wildman–Crippen MR) is 91.6 cm³/mol. The van der Waals surface area contributed by atoms with Gasteiger partial charge in [0.2, 0.25) is 0 Å². The first kappa shape index (κ1) is 15.0. The molecule has 2 unspecified atom stereocenters. The van der Waals surface area contributed by atoms with Crippen LogP contribution in [0.25, 0.3) is 5.65 Å². The lowest BCUT2D eigenvalue weighted by atomic mass is 9.85. The van der Waals surface area contributed by atoms with Gasteiger partial charge in [-0.2, -0.15) is 0 Å². The van der Waals surface area contributed by atoms with Gasteiger partial charge in [0, 0.05) is 12.6 Å². The molecule has 2 aromatic heterocycles. The summed E-state index contributed by atoms with van der Waals surface area (Å²) in [5.41, 5.74) is 2.04. The largest absolute Gasteiger partial charge is 0.368 e. The fourth-order valence-corrected chi connectivity index (χ4v) is 3.63. The molecule has 0 radical (unpaired) electrons. The highest BCUT2D eigenvalue weighted by Gasteiger charge is 2.30. The number of anilines is 1. The lowest BCUT2D eigenvalue weighted by molar-refractivity contribution is 0.128. The molecule has 1 aliphatic rings. The highest BCUT2D eigenvalue weighted by molar-refractivity contribution is 5.42. The van der Waals surface area contributed by atoms with Crippen molar-refractivity contribution in [1.29, 1.82) is 0 Å². The summed E-state index contributed by atoms with van der Waals surface area (Å²) >= 11 is 0. The van der Waals surface area contributed by atoms with E-state index in [-0.39, 0.29) is 0 Å². The summed E-state index contributed by atoms with van der Waals surface area (Å²) in [6.45, 7) is 2.02. The van der Waals surface area contributed by atoms with Gasteiger partial charge < -0.3 is 5.32 Å². The quantitative estimate of drug-likeness (QED) is 0.792. The fourth-order valence-electron chi connectivity index (χ4n) is 3.63. The Labute approximate surface area is 140 Å². The van der Waals surface area contributed by atoms with Crippen LogP contribution in [0.15, 0.2) is 42.5 Å². The number of nitrogens with zero attached hydrogens (tertiary/aromatic N) is 6. The number of benzene rings is 1. The van der Waals surface area contributed by atoms with Gasteiger partial charge in [0.25, 0.3) is 0 Å². The smallest absolute Gasteiger partial charge is 0.200 e. The molecule has 1 aliphatic heterocycles. The van der Waals surface area contributed by atoms with E-state index in [1.165, 1.54) is 23.0 Å². The molecule has 0 amide bonds. The minimum absolute atomic E-state index is 0.434. The van der Waals surface area contributed by atoms with Crippen LogP contribution in [0, 0.1) is 5.92 Å². The number of hydrogen-bond acceptors (Lipinski definition) is 6. The van der Waals surface area contributed by atoms with Crippen molar-refractivity contribution in [3.63, 3.8) is 0 Å². The van der Waals surface area contributed by atoms with Crippen molar-refractivity contribution in [2.45, 2.75) is 18.9 Å². The van der Waals surface area contributed by atoms with Gasteiger partial charge in [0.15, 0.2) is 5.65 Å². The van der Waals surface area contributed by atoms with Crippen LogP contribution in [0.5, 0.6) is 0 Å². The van der Waals surface area contributed by atoms with E-state index in [9.17, 15) is 0 Å². The number of fused-ring (bicyclic) bond motifs is 1. The van der Waals surface area contributed by atoms with Crippen LogP contribution in [0.2, 0.25) is 0 Å². The molecule has 1 fully saturated rings. The Morgan fingerprint density at radius 2 is 2.04 bits per heavy atom. The maximum absolute atomic E-state index is 4.39. The Balaban J connectivity index is 1.50. The molecule has 3 heterocycles. The lowest BCUT2D eigenvalue weighted by Crippen LogP contribution is -2.39. The van der Waals surface area contributed by atoms with E-state index >= 15 is 0 Å². The standard InChI is InChI=1S/C17H21N7/c1-23-11-5-8-14(17(23)13-6-3-2-4-7-13)12-18-15-9-10-16-19-21-22-24(16)20-15/h2-4,6-7,9-10,14,17H,5,8,11-12H2,1H3,(H,18,20). The van der Waals surface area contributed by atoms with Crippen LogP contribution in [0.3, 0.4) is 0 Å². The van der Waals surface area contributed by atoms with E-state index < -0.39 is 0 Å². The summed E-state index contributed by atoms with van der Waals surface area (Å²) in [6.07, 6.45) is 2.44. The van der Waals surface area contributed by atoms with E-state index in [1.807, 2.05) is 12.1 Å². The summed E-state index contributed by atoms with van der Waals surface area (Å²) in [7, 11) is 2.22. The monoisotopic (exact) mass is 323 g/mol. The van der Waals surface area contributed by atoms with Crippen molar-refractivity contribution in [2.24, 2.45) is 5.92 Å². The average molecular weight is 323 g/mol. The Morgan fingerprint density at radius 1 is 1.17 bits per heavy atom. The van der Waals surface area contributed by atoms with Crippen LogP contribution in [-0.2, 0) is 0 Å². The summed E-state index contributed by atoms with van der Waals surface area (Å²) in [5.74, 6) is 1.34. The second-order valence-corrected chi connectivity index (χ2v) is 6.36. The zero-order chi connectivity index (χ0) is 16.4. The normalized spacial score (nSPS) is 21.9. The van der Waals surface area contributed by atoms with Gasteiger partial charge in [-0.15, -0.1) is 14.8 Å². The first-order chi connectivity index (χ1) is 11.8. The Hall–Kier alpha value is -2.54. The number of piperidine rings is 1. The van der Waals surface area contributed by atoms with Crippen molar-refractivity contribution < 1.29 is 0 Å². The van der Waals surface area contributed by atoms with Gasteiger partial charge in [-0.1, -0.05) is 30.3 Å². The molecule has 124 valence electrons. The number of hydrogen-bond donors (Lipinski definition) is 1. The van der Waals surface area contributed by atoms with E-state index in [2.05, 4.69) is 68.2 Å². The lowest BCUT2D eigenvalue weighted by Gasteiger charge is -2.39. The van der Waals surface area contributed by atoms with Crippen molar-refractivity contribution >= 4 is 11.5 Å². The van der Waals surface area contributed by atoms with Crippen molar-refractivity contribution in [3.05, 3.63) is 48.0 Å². The van der Waals surface area contributed by atoms with Gasteiger partial charge in [-0.3, -0.25) is 4.90 Å². The van der Waals surface area contributed by atoms with Crippen LogP contribution < -0.4 is 5.32 Å². The summed E-state index contributed by atoms with van der Waals surface area (Å²) in [6, 6.07) is 15.0. The van der Waals surface area contributed by atoms with Gasteiger partial charge in [0.1, 0.15) is 5.82 Å². The molecule has 1 saturated heterocycles. The van der Waals surface area contributed by atoms with E-state index in [4.69, 9.17) is 0 Å². The Morgan fingerprint density at radius 3 is 2.92 bits per heavy atom. The average Bonchev–Trinajstić information content (AvgIpc) is 3.08. The summed E-state index contributed by atoms with van der Waals surface area (Å²) in [4.78, 5) is 2.46. The number of rotatable bonds is 4. The molecule has 3 aromatic rings. The maximum atomic E-state index is 4.39. The molecular formula is C17H21N7. The third-order valence-corrected chi connectivity index (χ3v) is 4.76. The molecule has 2 atom stereocenters. The zero-order valence-electron chi connectivity index (χ0n) is 13.7. The van der Waals surface area contributed by atoms with Crippen molar-refractivity contribution in [1.82, 2.24) is 30.2 Å². The minimum Gasteiger partial charge on any atom is -0.368 e. The first-order valence-corrected chi connectivity index (χ1v) is 8.36. The maximum Gasteiger partial charge on any atom is 0.200 e. The molecule has 4 rings (SSSR count). The molecule has 7 heteroatoms. The van der Waals surface area contributed by atoms with E-state index in [0.717, 1.165) is 18.9 Å². The van der Waals surface area contributed by atoms with Crippen molar-refractivity contribution in [2.75, 3.05) is 25.5 Å². The van der Waals surface area contributed by atoms with Crippen LogP contribution in [0.4, 0.5) is 5.82 Å². The van der Waals surface area contributed by atoms with Crippen LogP contribution in [0.1, 0.15) is 24.4 Å². The molecular weight excluding hydrogens is 302 g/mol. The number of nitrogens with one attached hydrogen (secondary N) is 1. The topological polar surface area (TPSA) is 71.2 Å². The minimum atomic E-state index is 0.434. The van der Waals surface area contributed by atoms with Crippen LogP contribution >= 0.6 is 0 Å². The number of aromatic nitrogens is 5. The third kappa shape index (κ3) is 2.94. The van der Waals surface area contributed by atoms with E-state index in [1.54, 1.807) is 0 Å². The fraction of sp³-hybridized carbons (Fsp3) is 0.412. The van der Waals surface area contributed by atoms with Crippen LogP contribution in [-0.4, -0.2) is 50.3 Å². The summed E-state index contributed by atoms with van der Waals surface area (Å²) < 4.78 is 1.45. The second-order valence-electron chi connectivity index (χ2n) is 6.36. The number of tetrazole rings is 1. The van der Waals surface area contributed by atoms with Gasteiger partial charge in [-0.05, 0) is 60.5 Å². The molecule has 1 aromatic carbocycles. The third-order valence-electron chi connectivity index (χ3n) is 4.76. The van der Waals surface area contributed by atoms with Crippen molar-refractivity contribution in [3.8, 4) is 0 Å². The molecule has 7 nitrogen and oxygen atoms in total. The number of likely N-dealkylation sites (tertiary alicyclic amines) is 1. The van der Waals surface area contributed by atoms with Gasteiger partial charge in [-0.25, -0.2) is 0 Å². The molecule has 0 bridgehead atoms. The van der Waals surface area contributed by atoms with Gasteiger partial charge >= 0.3 is 0 Å². The molecule has 0 spiro atoms. The Bertz CT molecular complexity index is 801. The molecule has 0 saturated carbocycles. The molecule has 0 aliphatic carbocycles.